The van der Waals surface area contributed by atoms with Crippen LogP contribution in [0.2, 0.25) is 0 Å². The number of likely N-dealkylation sites (tertiary alicyclic amines) is 1. The van der Waals surface area contributed by atoms with Crippen molar-refractivity contribution < 1.29 is 0 Å². The second-order valence-corrected chi connectivity index (χ2v) is 6.20. The fourth-order valence-electron chi connectivity index (χ4n) is 4.33. The molecule has 1 aliphatic carbocycles. The highest BCUT2D eigenvalue weighted by molar-refractivity contribution is 4.95. The molecule has 1 saturated carbocycles. The van der Waals surface area contributed by atoms with Crippen LogP contribution >= 0.6 is 0 Å². The van der Waals surface area contributed by atoms with Gasteiger partial charge in [0.25, 0.3) is 0 Å². The van der Waals surface area contributed by atoms with Crippen molar-refractivity contribution in [2.75, 3.05) is 20.1 Å². The molecule has 1 heterocycles. The molecule has 0 bridgehead atoms. The highest BCUT2D eigenvalue weighted by Gasteiger charge is 2.44. The predicted molar refractivity (Wildman–Crippen MR) is 65.8 cm³/mol. The summed E-state index contributed by atoms with van der Waals surface area (Å²) in [5, 5.41) is 0. The molecule has 1 heteroatoms. The van der Waals surface area contributed by atoms with Crippen LogP contribution in [-0.4, -0.2) is 25.0 Å². The summed E-state index contributed by atoms with van der Waals surface area (Å²) in [6, 6.07) is 0. The summed E-state index contributed by atoms with van der Waals surface area (Å²) in [4.78, 5) is 2.55. The number of hydrogen-bond acceptors (Lipinski definition) is 1. The molecule has 0 radical (unpaired) electrons. The van der Waals surface area contributed by atoms with E-state index in [1.807, 2.05) is 0 Å². The second-order valence-electron chi connectivity index (χ2n) is 6.20. The third-order valence-corrected chi connectivity index (χ3v) is 4.97. The molecule has 1 nitrogen and oxygen atoms in total. The van der Waals surface area contributed by atoms with Crippen molar-refractivity contribution in [1.82, 2.24) is 4.90 Å². The Bertz CT molecular complexity index is 211. The molecule has 88 valence electrons. The maximum Gasteiger partial charge on any atom is 0.00126 e. The van der Waals surface area contributed by atoms with Crippen molar-refractivity contribution in [1.29, 1.82) is 0 Å². The van der Waals surface area contributed by atoms with Crippen LogP contribution in [0, 0.1) is 29.6 Å². The first kappa shape index (κ1) is 11.4. The van der Waals surface area contributed by atoms with Gasteiger partial charge in [-0.25, -0.2) is 0 Å². The lowest BCUT2D eigenvalue weighted by molar-refractivity contribution is 0.187. The summed E-state index contributed by atoms with van der Waals surface area (Å²) in [5.41, 5.74) is 0. The Balaban J connectivity index is 2.04. The van der Waals surface area contributed by atoms with Gasteiger partial charge in [0.2, 0.25) is 0 Å². The zero-order valence-electron chi connectivity index (χ0n) is 10.9. The van der Waals surface area contributed by atoms with Gasteiger partial charge in [0.15, 0.2) is 0 Å². The zero-order chi connectivity index (χ0) is 11.0. The highest BCUT2D eigenvalue weighted by atomic mass is 15.1. The van der Waals surface area contributed by atoms with Crippen LogP contribution in [0.3, 0.4) is 0 Å². The fraction of sp³-hybridized carbons (Fsp3) is 1.00. The monoisotopic (exact) mass is 209 g/mol. The van der Waals surface area contributed by atoms with E-state index in [1.165, 1.54) is 32.4 Å². The Hall–Kier alpha value is -0.0400. The average molecular weight is 209 g/mol. The summed E-state index contributed by atoms with van der Waals surface area (Å²) in [5.74, 6) is 4.95. The third-order valence-electron chi connectivity index (χ3n) is 4.97. The van der Waals surface area contributed by atoms with Gasteiger partial charge in [-0.1, -0.05) is 27.2 Å². The van der Waals surface area contributed by atoms with Gasteiger partial charge in [-0.3, -0.25) is 0 Å². The Labute approximate surface area is 95.2 Å². The van der Waals surface area contributed by atoms with Crippen LogP contribution in [0.25, 0.3) is 0 Å². The van der Waals surface area contributed by atoms with E-state index in [-0.39, 0.29) is 0 Å². The summed E-state index contributed by atoms with van der Waals surface area (Å²) >= 11 is 0. The summed E-state index contributed by atoms with van der Waals surface area (Å²) in [7, 11) is 2.30. The van der Waals surface area contributed by atoms with Crippen molar-refractivity contribution in [2.45, 2.75) is 40.0 Å². The highest BCUT2D eigenvalue weighted by Crippen LogP contribution is 2.47. The molecule has 0 aromatic rings. The zero-order valence-corrected chi connectivity index (χ0v) is 10.9. The maximum absolute atomic E-state index is 2.55. The van der Waals surface area contributed by atoms with Crippen molar-refractivity contribution in [3.63, 3.8) is 0 Å². The van der Waals surface area contributed by atoms with Crippen LogP contribution < -0.4 is 0 Å². The number of hydrogen-bond donors (Lipinski definition) is 0. The molecular weight excluding hydrogens is 182 g/mol. The van der Waals surface area contributed by atoms with Gasteiger partial charge in [0, 0.05) is 13.1 Å². The lowest BCUT2D eigenvalue weighted by Gasteiger charge is -2.30. The standard InChI is InChI=1S/C14H27N/c1-5-12(10(2)3)13-7-6-11-8-15(4)9-14(11)13/h10-14H,5-9H2,1-4H3. The van der Waals surface area contributed by atoms with Gasteiger partial charge < -0.3 is 4.90 Å². The molecule has 2 rings (SSSR count). The summed E-state index contributed by atoms with van der Waals surface area (Å²) in [6.45, 7) is 9.96. The second kappa shape index (κ2) is 4.45. The molecular formula is C14H27N. The lowest BCUT2D eigenvalue weighted by atomic mass is 9.75. The molecule has 1 saturated heterocycles. The first-order valence-corrected chi connectivity index (χ1v) is 6.82. The van der Waals surface area contributed by atoms with Gasteiger partial charge in [0.05, 0.1) is 0 Å². The lowest BCUT2D eigenvalue weighted by Crippen LogP contribution is -2.26. The van der Waals surface area contributed by atoms with E-state index in [9.17, 15) is 0 Å². The average Bonchev–Trinajstić information content (AvgIpc) is 2.67. The largest absolute Gasteiger partial charge is 0.306 e. The topological polar surface area (TPSA) is 3.24 Å². The molecule has 0 aromatic heterocycles. The van der Waals surface area contributed by atoms with Gasteiger partial charge >= 0.3 is 0 Å². The minimum atomic E-state index is 0.879. The first-order valence-electron chi connectivity index (χ1n) is 6.82. The van der Waals surface area contributed by atoms with Crippen LogP contribution in [-0.2, 0) is 0 Å². The van der Waals surface area contributed by atoms with E-state index < -0.39 is 0 Å². The van der Waals surface area contributed by atoms with E-state index in [0.717, 1.165) is 29.6 Å². The maximum atomic E-state index is 2.55. The summed E-state index contributed by atoms with van der Waals surface area (Å²) < 4.78 is 0. The Morgan fingerprint density at radius 1 is 1.20 bits per heavy atom. The van der Waals surface area contributed by atoms with Crippen molar-refractivity contribution in [3.05, 3.63) is 0 Å². The quantitative estimate of drug-likeness (QED) is 0.689. The van der Waals surface area contributed by atoms with Crippen LogP contribution in [0.1, 0.15) is 40.0 Å². The molecule has 0 N–H and O–H groups in total. The van der Waals surface area contributed by atoms with Gasteiger partial charge in [0.1, 0.15) is 0 Å². The Morgan fingerprint density at radius 3 is 2.53 bits per heavy atom. The van der Waals surface area contributed by atoms with Crippen LogP contribution in [0.15, 0.2) is 0 Å². The molecule has 4 atom stereocenters. The van der Waals surface area contributed by atoms with Gasteiger partial charge in [-0.05, 0) is 49.5 Å². The minimum absolute atomic E-state index is 0.879. The van der Waals surface area contributed by atoms with Gasteiger partial charge in [-0.2, -0.15) is 0 Å². The van der Waals surface area contributed by atoms with Gasteiger partial charge in [-0.15, -0.1) is 0 Å². The Morgan fingerprint density at radius 2 is 1.93 bits per heavy atom. The normalized spacial score (nSPS) is 38.6. The number of rotatable bonds is 3. The molecule has 4 unspecified atom stereocenters. The van der Waals surface area contributed by atoms with Crippen molar-refractivity contribution >= 4 is 0 Å². The van der Waals surface area contributed by atoms with E-state index >= 15 is 0 Å². The SMILES string of the molecule is CCC(C(C)C)C1CCC2CN(C)CC21. The molecule has 2 fully saturated rings. The molecule has 0 aromatic carbocycles. The number of nitrogens with zero attached hydrogens (tertiary/aromatic N) is 1. The third kappa shape index (κ3) is 2.08. The van der Waals surface area contributed by atoms with Crippen molar-refractivity contribution in [3.8, 4) is 0 Å². The van der Waals surface area contributed by atoms with E-state index in [2.05, 4.69) is 32.7 Å². The molecule has 2 aliphatic rings. The smallest absolute Gasteiger partial charge is 0.00126 e. The number of fused-ring (bicyclic) bond motifs is 1. The molecule has 0 amide bonds. The minimum Gasteiger partial charge on any atom is -0.306 e. The van der Waals surface area contributed by atoms with E-state index in [0.29, 0.717) is 0 Å². The first-order chi connectivity index (χ1) is 7.13. The fourth-order valence-corrected chi connectivity index (χ4v) is 4.33. The molecule has 0 spiro atoms. The molecule has 1 aliphatic heterocycles. The molecule has 15 heavy (non-hydrogen) atoms. The summed E-state index contributed by atoms with van der Waals surface area (Å²) in [6.07, 6.45) is 4.40. The van der Waals surface area contributed by atoms with Crippen LogP contribution in [0.4, 0.5) is 0 Å². The van der Waals surface area contributed by atoms with Crippen LogP contribution in [0.5, 0.6) is 0 Å². The van der Waals surface area contributed by atoms with E-state index in [1.54, 1.807) is 0 Å². The predicted octanol–water partition coefficient (Wildman–Crippen LogP) is 3.26. The Kier molecular flexibility index (Phi) is 3.39. The van der Waals surface area contributed by atoms with E-state index in [4.69, 9.17) is 0 Å². The van der Waals surface area contributed by atoms with Crippen molar-refractivity contribution in [2.24, 2.45) is 29.6 Å².